The van der Waals surface area contributed by atoms with Crippen LogP contribution < -0.4 is 4.74 Å². The second-order valence-electron chi connectivity index (χ2n) is 4.02. The van der Waals surface area contributed by atoms with Crippen LogP contribution in [-0.4, -0.2) is 17.0 Å². The lowest BCUT2D eigenvalue weighted by Gasteiger charge is -2.11. The lowest BCUT2D eigenvalue weighted by molar-refractivity contribution is 0.0978. The number of phenols is 1. The third-order valence-electron chi connectivity index (χ3n) is 2.12. The van der Waals surface area contributed by atoms with E-state index in [1.54, 1.807) is 12.1 Å². The summed E-state index contributed by atoms with van der Waals surface area (Å²) in [6.45, 7) is 5.77. The fraction of sp³-hybridized carbons (Fsp3) is 0.462. The Morgan fingerprint density at radius 3 is 2.69 bits per heavy atom. The van der Waals surface area contributed by atoms with Gasteiger partial charge in [0, 0.05) is 6.42 Å². The maximum Gasteiger partial charge on any atom is 0.166 e. The van der Waals surface area contributed by atoms with E-state index in [1.165, 1.54) is 6.07 Å². The van der Waals surface area contributed by atoms with Crippen molar-refractivity contribution in [3.8, 4) is 11.5 Å². The molecule has 0 aliphatic heterocycles. The molecule has 0 atom stereocenters. The first kappa shape index (κ1) is 12.6. The molecule has 0 aliphatic carbocycles. The number of ether oxygens (including phenoxy) is 1. The van der Waals surface area contributed by atoms with E-state index in [1.807, 2.05) is 20.8 Å². The van der Waals surface area contributed by atoms with Crippen LogP contribution in [0.1, 0.15) is 44.0 Å². The van der Waals surface area contributed by atoms with Gasteiger partial charge in [-0.2, -0.15) is 0 Å². The molecule has 0 radical (unpaired) electrons. The highest BCUT2D eigenvalue weighted by Gasteiger charge is 2.11. The number of benzene rings is 1. The van der Waals surface area contributed by atoms with Crippen LogP contribution in [0.2, 0.25) is 0 Å². The largest absolute Gasteiger partial charge is 0.507 e. The first-order valence-electron chi connectivity index (χ1n) is 5.57. The smallest absolute Gasteiger partial charge is 0.166 e. The number of phenolic OH excluding ortho intramolecular Hbond substituents is 1. The van der Waals surface area contributed by atoms with Gasteiger partial charge < -0.3 is 9.84 Å². The number of Topliss-reactive ketones (excluding diaryl/α,β-unsaturated/α-hetero) is 1. The average molecular weight is 222 g/mol. The Morgan fingerprint density at radius 1 is 1.44 bits per heavy atom. The van der Waals surface area contributed by atoms with Gasteiger partial charge in [0.2, 0.25) is 0 Å². The molecular weight excluding hydrogens is 204 g/mol. The molecule has 0 saturated heterocycles. The van der Waals surface area contributed by atoms with Crippen molar-refractivity contribution < 1.29 is 14.6 Å². The lowest BCUT2D eigenvalue weighted by Crippen LogP contribution is -2.06. The van der Waals surface area contributed by atoms with Gasteiger partial charge in [0.15, 0.2) is 5.78 Å². The van der Waals surface area contributed by atoms with Gasteiger partial charge in [-0.25, -0.2) is 0 Å². The van der Waals surface area contributed by atoms with Gasteiger partial charge in [-0.1, -0.05) is 6.92 Å². The predicted octanol–water partition coefficient (Wildman–Crippen LogP) is 3.16. The van der Waals surface area contributed by atoms with Gasteiger partial charge in [-0.05, 0) is 38.5 Å². The molecule has 88 valence electrons. The average Bonchev–Trinajstić information content (AvgIpc) is 2.20. The van der Waals surface area contributed by atoms with Crippen LogP contribution in [0.5, 0.6) is 11.5 Å². The standard InChI is InChI=1S/C13H18O3/c1-4-5-12(14)11-8-10(16-9(2)3)6-7-13(11)15/h6-9,15H,4-5H2,1-3H3. The molecule has 0 bridgehead atoms. The molecule has 0 unspecified atom stereocenters. The van der Waals surface area contributed by atoms with Crippen molar-refractivity contribution in [3.63, 3.8) is 0 Å². The van der Waals surface area contributed by atoms with E-state index < -0.39 is 0 Å². The van der Waals surface area contributed by atoms with Crippen molar-refractivity contribution in [2.75, 3.05) is 0 Å². The van der Waals surface area contributed by atoms with E-state index in [9.17, 15) is 9.90 Å². The van der Waals surface area contributed by atoms with E-state index in [-0.39, 0.29) is 17.6 Å². The Bertz CT molecular complexity index is 369. The fourth-order valence-corrected chi connectivity index (χ4v) is 1.45. The predicted molar refractivity (Wildman–Crippen MR) is 63.1 cm³/mol. The quantitative estimate of drug-likeness (QED) is 0.778. The highest BCUT2D eigenvalue weighted by atomic mass is 16.5. The number of carbonyl (C=O) groups excluding carboxylic acids is 1. The molecule has 0 spiro atoms. The van der Waals surface area contributed by atoms with Gasteiger partial charge in [-0.15, -0.1) is 0 Å². The summed E-state index contributed by atoms with van der Waals surface area (Å²) in [4.78, 5) is 11.7. The number of hydrogen-bond acceptors (Lipinski definition) is 3. The molecule has 0 heterocycles. The molecule has 0 aromatic heterocycles. The normalized spacial score (nSPS) is 10.5. The van der Waals surface area contributed by atoms with Gasteiger partial charge in [0.1, 0.15) is 11.5 Å². The summed E-state index contributed by atoms with van der Waals surface area (Å²) in [5.74, 6) is 0.594. The third kappa shape index (κ3) is 3.26. The molecule has 3 nitrogen and oxygen atoms in total. The molecule has 0 aliphatic rings. The Morgan fingerprint density at radius 2 is 2.12 bits per heavy atom. The van der Waals surface area contributed by atoms with E-state index in [0.717, 1.165) is 6.42 Å². The zero-order valence-electron chi connectivity index (χ0n) is 9.99. The fourth-order valence-electron chi connectivity index (χ4n) is 1.45. The summed E-state index contributed by atoms with van der Waals surface area (Å²) in [7, 11) is 0. The monoisotopic (exact) mass is 222 g/mol. The van der Waals surface area contributed by atoms with Crippen LogP contribution in [-0.2, 0) is 0 Å². The molecule has 1 rings (SSSR count). The van der Waals surface area contributed by atoms with E-state index in [2.05, 4.69) is 0 Å². The highest BCUT2D eigenvalue weighted by molar-refractivity contribution is 5.98. The van der Waals surface area contributed by atoms with Gasteiger partial charge >= 0.3 is 0 Å². The van der Waals surface area contributed by atoms with Gasteiger partial charge in [-0.3, -0.25) is 4.79 Å². The molecule has 0 saturated carbocycles. The van der Waals surface area contributed by atoms with Crippen molar-refractivity contribution in [3.05, 3.63) is 23.8 Å². The summed E-state index contributed by atoms with van der Waals surface area (Å²) >= 11 is 0. The molecule has 0 fully saturated rings. The number of hydrogen-bond donors (Lipinski definition) is 1. The Balaban J connectivity index is 2.94. The Hall–Kier alpha value is -1.51. The maximum absolute atomic E-state index is 11.7. The van der Waals surface area contributed by atoms with E-state index in [4.69, 9.17) is 4.74 Å². The van der Waals surface area contributed by atoms with Crippen LogP contribution in [0.3, 0.4) is 0 Å². The molecule has 1 aromatic carbocycles. The van der Waals surface area contributed by atoms with Crippen LogP contribution in [0.4, 0.5) is 0 Å². The zero-order valence-corrected chi connectivity index (χ0v) is 9.99. The number of aromatic hydroxyl groups is 1. The minimum absolute atomic E-state index is 0.0227. The topological polar surface area (TPSA) is 46.5 Å². The minimum Gasteiger partial charge on any atom is -0.507 e. The molecule has 16 heavy (non-hydrogen) atoms. The van der Waals surface area contributed by atoms with Crippen LogP contribution >= 0.6 is 0 Å². The molecular formula is C13H18O3. The van der Waals surface area contributed by atoms with Crippen molar-refractivity contribution >= 4 is 5.78 Å². The number of rotatable bonds is 5. The van der Waals surface area contributed by atoms with Crippen molar-refractivity contribution in [1.82, 2.24) is 0 Å². The summed E-state index contributed by atoms with van der Waals surface area (Å²) < 4.78 is 5.47. The second kappa shape index (κ2) is 5.54. The Labute approximate surface area is 96.1 Å². The summed E-state index contributed by atoms with van der Waals surface area (Å²) in [6.07, 6.45) is 1.27. The highest BCUT2D eigenvalue weighted by Crippen LogP contribution is 2.25. The molecule has 1 N–H and O–H groups in total. The first-order valence-corrected chi connectivity index (χ1v) is 5.57. The van der Waals surface area contributed by atoms with E-state index >= 15 is 0 Å². The lowest BCUT2D eigenvalue weighted by atomic mass is 10.1. The first-order chi connectivity index (χ1) is 7.54. The van der Waals surface area contributed by atoms with E-state index in [0.29, 0.717) is 17.7 Å². The molecule has 3 heteroatoms. The van der Waals surface area contributed by atoms with Crippen molar-refractivity contribution in [1.29, 1.82) is 0 Å². The van der Waals surface area contributed by atoms with Gasteiger partial charge in [0.05, 0.1) is 11.7 Å². The molecule has 0 amide bonds. The minimum atomic E-state index is -0.0470. The SMILES string of the molecule is CCCC(=O)c1cc(OC(C)C)ccc1O. The third-order valence-corrected chi connectivity index (χ3v) is 2.12. The maximum atomic E-state index is 11.7. The van der Waals surface area contributed by atoms with Crippen molar-refractivity contribution in [2.45, 2.75) is 39.7 Å². The van der Waals surface area contributed by atoms with Crippen LogP contribution in [0.25, 0.3) is 0 Å². The summed E-state index contributed by atoms with van der Waals surface area (Å²) in [5.41, 5.74) is 0.347. The molecule has 1 aromatic rings. The second-order valence-corrected chi connectivity index (χ2v) is 4.02. The zero-order chi connectivity index (χ0) is 12.1. The summed E-state index contributed by atoms with van der Waals surface area (Å²) in [5, 5.41) is 9.59. The number of ketones is 1. The van der Waals surface area contributed by atoms with Crippen LogP contribution in [0, 0.1) is 0 Å². The Kier molecular flexibility index (Phi) is 4.35. The van der Waals surface area contributed by atoms with Crippen molar-refractivity contribution in [2.24, 2.45) is 0 Å². The summed E-state index contributed by atoms with van der Waals surface area (Å²) in [6, 6.07) is 4.77. The number of carbonyl (C=O) groups is 1. The van der Waals surface area contributed by atoms with Gasteiger partial charge in [0.25, 0.3) is 0 Å². The van der Waals surface area contributed by atoms with Crippen LogP contribution in [0.15, 0.2) is 18.2 Å².